The summed E-state index contributed by atoms with van der Waals surface area (Å²) in [4.78, 5) is 35.2. The standard InChI is InChI=1S/C19H16F3NO5/c20-19(21,22)14-8-6-13(7-9-14)17(25)23-15(18(26)27)10-16(24)28-11-12-4-2-1-3-5-12/h1-9,15H,10-11H2,(H,23,25)(H,26,27)/t15-/m1/s1. The average molecular weight is 395 g/mol. The zero-order valence-electron chi connectivity index (χ0n) is 14.4. The van der Waals surface area contributed by atoms with E-state index in [-0.39, 0.29) is 12.2 Å². The number of amides is 1. The molecule has 2 aromatic carbocycles. The second-order valence-electron chi connectivity index (χ2n) is 5.79. The van der Waals surface area contributed by atoms with E-state index in [0.29, 0.717) is 17.7 Å². The Morgan fingerprint density at radius 2 is 1.61 bits per heavy atom. The molecule has 0 radical (unpaired) electrons. The first kappa shape index (κ1) is 20.9. The number of carbonyl (C=O) groups excluding carboxylic acids is 2. The summed E-state index contributed by atoms with van der Waals surface area (Å²) >= 11 is 0. The number of carbonyl (C=O) groups is 3. The first-order chi connectivity index (χ1) is 13.2. The number of rotatable bonds is 7. The summed E-state index contributed by atoms with van der Waals surface area (Å²) < 4.78 is 42.6. The van der Waals surface area contributed by atoms with Gasteiger partial charge in [-0.3, -0.25) is 9.59 Å². The van der Waals surface area contributed by atoms with E-state index in [4.69, 9.17) is 4.74 Å². The molecule has 2 N–H and O–H groups in total. The average Bonchev–Trinajstić information content (AvgIpc) is 2.66. The number of nitrogens with one attached hydrogen (secondary N) is 1. The number of esters is 1. The summed E-state index contributed by atoms with van der Waals surface area (Å²) in [5, 5.41) is 11.3. The van der Waals surface area contributed by atoms with Crippen LogP contribution in [0, 0.1) is 0 Å². The molecule has 0 aliphatic heterocycles. The van der Waals surface area contributed by atoms with Crippen molar-refractivity contribution in [3.8, 4) is 0 Å². The van der Waals surface area contributed by atoms with Crippen LogP contribution in [0.1, 0.15) is 27.9 Å². The number of aliphatic carboxylic acids is 1. The van der Waals surface area contributed by atoms with E-state index in [1.54, 1.807) is 30.3 Å². The SMILES string of the molecule is O=C(C[C@@H](NC(=O)c1ccc(C(F)(F)F)cc1)C(=O)O)OCc1ccccc1. The van der Waals surface area contributed by atoms with Crippen LogP contribution < -0.4 is 5.32 Å². The van der Waals surface area contributed by atoms with Crippen molar-refractivity contribution in [2.45, 2.75) is 25.2 Å². The molecule has 28 heavy (non-hydrogen) atoms. The number of carboxylic acids is 1. The molecule has 0 saturated heterocycles. The van der Waals surface area contributed by atoms with Crippen molar-refractivity contribution in [2.24, 2.45) is 0 Å². The van der Waals surface area contributed by atoms with Crippen LogP contribution in [0.2, 0.25) is 0 Å². The van der Waals surface area contributed by atoms with Crippen LogP contribution in [0.5, 0.6) is 0 Å². The number of ether oxygens (including phenoxy) is 1. The summed E-state index contributed by atoms with van der Waals surface area (Å²) in [7, 11) is 0. The Morgan fingerprint density at radius 1 is 1.00 bits per heavy atom. The Bertz CT molecular complexity index is 835. The third-order valence-corrected chi connectivity index (χ3v) is 3.69. The van der Waals surface area contributed by atoms with E-state index in [2.05, 4.69) is 5.32 Å². The van der Waals surface area contributed by atoms with Crippen molar-refractivity contribution in [1.29, 1.82) is 0 Å². The molecule has 0 fully saturated rings. The molecule has 0 saturated carbocycles. The lowest BCUT2D eigenvalue weighted by Crippen LogP contribution is -2.42. The van der Waals surface area contributed by atoms with Gasteiger partial charge < -0.3 is 15.2 Å². The van der Waals surface area contributed by atoms with Crippen molar-refractivity contribution in [3.05, 3.63) is 71.3 Å². The molecular weight excluding hydrogens is 379 g/mol. The molecule has 0 spiro atoms. The molecule has 0 bridgehead atoms. The van der Waals surface area contributed by atoms with Gasteiger partial charge in [0.25, 0.3) is 5.91 Å². The highest BCUT2D eigenvalue weighted by molar-refractivity contribution is 5.97. The highest BCUT2D eigenvalue weighted by Crippen LogP contribution is 2.29. The lowest BCUT2D eigenvalue weighted by atomic mass is 10.1. The predicted molar refractivity (Wildman–Crippen MR) is 91.2 cm³/mol. The molecule has 9 heteroatoms. The number of halogens is 3. The first-order valence-electron chi connectivity index (χ1n) is 8.07. The predicted octanol–water partition coefficient (Wildman–Crippen LogP) is 3.02. The number of hydrogen-bond donors (Lipinski definition) is 2. The Morgan fingerprint density at radius 3 is 2.14 bits per heavy atom. The number of hydrogen-bond acceptors (Lipinski definition) is 4. The van der Waals surface area contributed by atoms with Crippen LogP contribution in [-0.2, 0) is 27.1 Å². The summed E-state index contributed by atoms with van der Waals surface area (Å²) in [6.07, 6.45) is -5.18. The van der Waals surface area contributed by atoms with Gasteiger partial charge in [0.05, 0.1) is 12.0 Å². The van der Waals surface area contributed by atoms with Gasteiger partial charge in [0.1, 0.15) is 12.6 Å². The quantitative estimate of drug-likeness (QED) is 0.703. The van der Waals surface area contributed by atoms with Crippen LogP contribution >= 0.6 is 0 Å². The minimum Gasteiger partial charge on any atom is -0.480 e. The summed E-state index contributed by atoms with van der Waals surface area (Å²) in [5.41, 5.74) is -0.406. The number of alkyl halides is 3. The fraction of sp³-hybridized carbons (Fsp3) is 0.211. The van der Waals surface area contributed by atoms with Crippen LogP contribution in [-0.4, -0.2) is 29.0 Å². The minimum absolute atomic E-state index is 0.0567. The molecule has 0 aliphatic rings. The van der Waals surface area contributed by atoms with Gasteiger partial charge in [0.2, 0.25) is 0 Å². The van der Waals surface area contributed by atoms with E-state index in [0.717, 1.165) is 12.1 Å². The zero-order chi connectivity index (χ0) is 20.7. The van der Waals surface area contributed by atoms with E-state index >= 15 is 0 Å². The van der Waals surface area contributed by atoms with Gasteiger partial charge in [0, 0.05) is 5.56 Å². The second kappa shape index (κ2) is 9.03. The molecule has 2 rings (SSSR count). The highest BCUT2D eigenvalue weighted by atomic mass is 19.4. The van der Waals surface area contributed by atoms with E-state index in [9.17, 15) is 32.7 Å². The van der Waals surface area contributed by atoms with Crippen molar-refractivity contribution in [3.63, 3.8) is 0 Å². The van der Waals surface area contributed by atoms with Gasteiger partial charge in [-0.25, -0.2) is 4.79 Å². The van der Waals surface area contributed by atoms with Crippen molar-refractivity contribution < 1.29 is 37.4 Å². The maximum atomic E-state index is 12.5. The van der Waals surface area contributed by atoms with Crippen molar-refractivity contribution in [2.75, 3.05) is 0 Å². The maximum Gasteiger partial charge on any atom is 0.416 e. The second-order valence-corrected chi connectivity index (χ2v) is 5.79. The molecule has 0 aromatic heterocycles. The lowest BCUT2D eigenvalue weighted by Gasteiger charge is -2.14. The van der Waals surface area contributed by atoms with E-state index < -0.39 is 42.0 Å². The molecule has 6 nitrogen and oxygen atoms in total. The van der Waals surface area contributed by atoms with Crippen molar-refractivity contribution in [1.82, 2.24) is 5.32 Å². The van der Waals surface area contributed by atoms with E-state index in [1.807, 2.05) is 0 Å². The molecule has 0 heterocycles. The van der Waals surface area contributed by atoms with Gasteiger partial charge in [-0.1, -0.05) is 30.3 Å². The summed E-state index contributed by atoms with van der Waals surface area (Å²) in [6, 6.07) is 10.4. The first-order valence-corrected chi connectivity index (χ1v) is 8.07. The minimum atomic E-state index is -4.55. The van der Waals surface area contributed by atoms with Crippen molar-refractivity contribution >= 4 is 17.8 Å². The fourth-order valence-corrected chi connectivity index (χ4v) is 2.22. The van der Waals surface area contributed by atoms with Gasteiger partial charge in [-0.15, -0.1) is 0 Å². The Hall–Kier alpha value is -3.36. The zero-order valence-corrected chi connectivity index (χ0v) is 14.4. The highest BCUT2D eigenvalue weighted by Gasteiger charge is 2.30. The fourth-order valence-electron chi connectivity index (χ4n) is 2.22. The molecule has 1 atom stereocenters. The third kappa shape index (κ3) is 6.11. The van der Waals surface area contributed by atoms with Crippen LogP contribution in [0.4, 0.5) is 13.2 Å². The monoisotopic (exact) mass is 395 g/mol. The smallest absolute Gasteiger partial charge is 0.416 e. The molecule has 0 unspecified atom stereocenters. The third-order valence-electron chi connectivity index (χ3n) is 3.69. The van der Waals surface area contributed by atoms with Gasteiger partial charge in [-0.2, -0.15) is 13.2 Å². The molecular formula is C19H16F3NO5. The van der Waals surface area contributed by atoms with Gasteiger partial charge in [-0.05, 0) is 29.8 Å². The van der Waals surface area contributed by atoms with E-state index in [1.165, 1.54) is 0 Å². The number of carboxylic acid groups (broad SMARTS) is 1. The van der Waals surface area contributed by atoms with Crippen LogP contribution in [0.3, 0.4) is 0 Å². The van der Waals surface area contributed by atoms with Gasteiger partial charge >= 0.3 is 18.1 Å². The molecule has 0 aliphatic carbocycles. The maximum absolute atomic E-state index is 12.5. The number of benzene rings is 2. The normalized spacial score (nSPS) is 12.1. The molecule has 2 aromatic rings. The molecule has 1 amide bonds. The molecule has 148 valence electrons. The topological polar surface area (TPSA) is 92.7 Å². The largest absolute Gasteiger partial charge is 0.480 e. The van der Waals surface area contributed by atoms with Crippen LogP contribution in [0.15, 0.2) is 54.6 Å². The summed E-state index contributed by atoms with van der Waals surface area (Å²) in [6.45, 7) is -0.0567. The van der Waals surface area contributed by atoms with Gasteiger partial charge in [0.15, 0.2) is 0 Å². The van der Waals surface area contributed by atoms with Crippen LogP contribution in [0.25, 0.3) is 0 Å². The lowest BCUT2D eigenvalue weighted by molar-refractivity contribution is -0.150. The Labute approximate surface area is 157 Å². The Kier molecular flexibility index (Phi) is 6.75. The Balaban J connectivity index is 1.95. The summed E-state index contributed by atoms with van der Waals surface area (Å²) in [5.74, 6) is -3.24.